The average Bonchev–Trinajstić information content (AvgIpc) is 2.45. The van der Waals surface area contributed by atoms with Crippen molar-refractivity contribution in [2.45, 2.75) is 36.9 Å². The smallest absolute Gasteiger partial charge is 0.197 e. The summed E-state index contributed by atoms with van der Waals surface area (Å²) < 4.78 is 5.24. The molecule has 0 spiro atoms. The summed E-state index contributed by atoms with van der Waals surface area (Å²) in [4.78, 5) is 13.4. The Morgan fingerprint density at radius 1 is 1.15 bits per heavy atom. The summed E-state index contributed by atoms with van der Waals surface area (Å²) in [5.74, 6) is 0.884. The van der Waals surface area contributed by atoms with Crippen LogP contribution in [0.25, 0.3) is 0 Å². The molecular formula is C16H27NO2Si. The van der Waals surface area contributed by atoms with Gasteiger partial charge in [-0.2, -0.15) is 0 Å². The number of methoxy groups -OCH3 is 1. The van der Waals surface area contributed by atoms with Crippen molar-refractivity contribution < 1.29 is 9.53 Å². The van der Waals surface area contributed by atoms with Gasteiger partial charge >= 0.3 is 0 Å². The average molecular weight is 293 g/mol. The number of hydrogen-bond donors (Lipinski definition) is 1. The molecule has 0 bridgehead atoms. The van der Waals surface area contributed by atoms with E-state index in [1.807, 2.05) is 12.1 Å². The van der Waals surface area contributed by atoms with Gasteiger partial charge in [0.2, 0.25) is 0 Å². The molecule has 1 heterocycles. The van der Waals surface area contributed by atoms with Gasteiger partial charge in [0.15, 0.2) is 8.32 Å². The lowest BCUT2D eigenvalue weighted by Gasteiger charge is -2.38. The molecular weight excluding hydrogens is 266 g/mol. The first-order chi connectivity index (χ1) is 9.55. The second-order valence-electron chi connectivity index (χ2n) is 6.25. The van der Waals surface area contributed by atoms with E-state index in [2.05, 4.69) is 31.1 Å². The molecule has 0 radical (unpaired) electrons. The predicted octanol–water partition coefficient (Wildman–Crippen LogP) is 3.00. The Hall–Kier alpha value is -0.843. The quantitative estimate of drug-likeness (QED) is 0.847. The van der Waals surface area contributed by atoms with E-state index in [4.69, 9.17) is 4.74 Å². The molecule has 1 aromatic carbocycles. The molecule has 4 heteroatoms. The standard InChI is InChI=1S/C16H27NO2Si/c1-17(2)13-16(20(18)11-5-4-6-12-20)14-7-9-15(19-3)10-8-14/h7-10,16,18H,4-6,11-13H2,1-3H3. The first-order valence-corrected chi connectivity index (χ1v) is 10.00. The molecule has 1 aliphatic heterocycles. The molecule has 1 aliphatic rings. The summed E-state index contributed by atoms with van der Waals surface area (Å²) in [6.45, 7) is 0.940. The lowest BCUT2D eigenvalue weighted by molar-refractivity contribution is 0.373. The van der Waals surface area contributed by atoms with Gasteiger partial charge in [-0.1, -0.05) is 31.4 Å². The summed E-state index contributed by atoms with van der Waals surface area (Å²) in [6, 6.07) is 10.4. The number of rotatable bonds is 5. The lowest BCUT2D eigenvalue weighted by atomic mass is 10.1. The Labute approximate surface area is 123 Å². The van der Waals surface area contributed by atoms with E-state index in [1.165, 1.54) is 24.8 Å². The van der Waals surface area contributed by atoms with Crippen molar-refractivity contribution in [2.75, 3.05) is 27.7 Å². The number of ether oxygens (including phenoxy) is 1. The Kier molecular flexibility index (Phi) is 5.24. The molecule has 2 rings (SSSR count). The van der Waals surface area contributed by atoms with Gasteiger partial charge in [-0.05, 0) is 43.9 Å². The zero-order chi connectivity index (χ0) is 14.6. The van der Waals surface area contributed by atoms with Crippen LogP contribution in [-0.4, -0.2) is 45.8 Å². The molecule has 3 nitrogen and oxygen atoms in total. The van der Waals surface area contributed by atoms with E-state index in [0.717, 1.165) is 24.4 Å². The molecule has 0 aliphatic carbocycles. The summed E-state index contributed by atoms with van der Waals surface area (Å²) in [5, 5.41) is 0. The SMILES string of the molecule is COc1ccc(C(CN(C)C)[Si]2(O)CCCCC2)cc1. The minimum Gasteiger partial charge on any atom is -0.497 e. The number of benzene rings is 1. The fourth-order valence-electron chi connectivity index (χ4n) is 3.30. The van der Waals surface area contributed by atoms with E-state index >= 15 is 0 Å². The van der Waals surface area contributed by atoms with Gasteiger partial charge in [0.25, 0.3) is 0 Å². The largest absolute Gasteiger partial charge is 0.497 e. The molecule has 20 heavy (non-hydrogen) atoms. The van der Waals surface area contributed by atoms with E-state index in [9.17, 15) is 4.80 Å². The second kappa shape index (κ2) is 6.74. The fourth-order valence-corrected chi connectivity index (χ4v) is 7.49. The van der Waals surface area contributed by atoms with Gasteiger partial charge in [-0.15, -0.1) is 0 Å². The van der Waals surface area contributed by atoms with Crippen LogP contribution in [0.2, 0.25) is 12.1 Å². The monoisotopic (exact) mass is 293 g/mol. The van der Waals surface area contributed by atoms with E-state index in [-0.39, 0.29) is 0 Å². The molecule has 0 aromatic heterocycles. The Bertz CT molecular complexity index is 413. The second-order valence-corrected chi connectivity index (χ2v) is 10.2. The fraction of sp³-hybridized carbons (Fsp3) is 0.625. The minimum absolute atomic E-state index is 0.309. The topological polar surface area (TPSA) is 32.7 Å². The third-order valence-corrected chi connectivity index (χ3v) is 8.69. The van der Waals surface area contributed by atoms with Crippen molar-refractivity contribution >= 4 is 8.32 Å². The van der Waals surface area contributed by atoms with E-state index in [0.29, 0.717) is 5.54 Å². The molecule has 1 unspecified atom stereocenters. The van der Waals surface area contributed by atoms with Crippen molar-refractivity contribution in [3.63, 3.8) is 0 Å². The van der Waals surface area contributed by atoms with Gasteiger partial charge in [0.1, 0.15) is 5.75 Å². The Morgan fingerprint density at radius 3 is 2.25 bits per heavy atom. The molecule has 1 N–H and O–H groups in total. The summed E-state index contributed by atoms with van der Waals surface area (Å²) in [6.07, 6.45) is 3.68. The Morgan fingerprint density at radius 2 is 1.75 bits per heavy atom. The zero-order valence-corrected chi connectivity index (χ0v) is 13.9. The maximum atomic E-state index is 11.2. The van der Waals surface area contributed by atoms with Crippen LogP contribution in [0.4, 0.5) is 0 Å². The van der Waals surface area contributed by atoms with Gasteiger partial charge in [0.05, 0.1) is 7.11 Å². The highest BCUT2D eigenvalue weighted by atomic mass is 28.4. The van der Waals surface area contributed by atoms with Crippen molar-refractivity contribution in [1.82, 2.24) is 4.90 Å². The summed E-state index contributed by atoms with van der Waals surface area (Å²) in [5.41, 5.74) is 1.58. The lowest BCUT2D eigenvalue weighted by Crippen LogP contribution is -2.47. The number of hydrogen-bond acceptors (Lipinski definition) is 3. The minimum atomic E-state index is -2.18. The predicted molar refractivity (Wildman–Crippen MR) is 85.7 cm³/mol. The zero-order valence-electron chi connectivity index (χ0n) is 12.9. The summed E-state index contributed by atoms with van der Waals surface area (Å²) in [7, 11) is 3.70. The number of nitrogens with zero attached hydrogens (tertiary/aromatic N) is 1. The van der Waals surface area contributed by atoms with Gasteiger partial charge in [-0.3, -0.25) is 0 Å². The molecule has 1 saturated heterocycles. The van der Waals surface area contributed by atoms with Crippen molar-refractivity contribution in [3.05, 3.63) is 29.8 Å². The number of likely N-dealkylation sites (N-methyl/N-ethyl adjacent to an activating group) is 1. The molecule has 112 valence electrons. The first-order valence-electron chi connectivity index (χ1n) is 7.56. The van der Waals surface area contributed by atoms with E-state index < -0.39 is 8.32 Å². The highest BCUT2D eigenvalue weighted by Crippen LogP contribution is 2.38. The van der Waals surface area contributed by atoms with Crippen LogP contribution in [0.15, 0.2) is 24.3 Å². The van der Waals surface area contributed by atoms with Crippen LogP contribution < -0.4 is 4.74 Å². The highest BCUT2D eigenvalue weighted by Gasteiger charge is 2.42. The van der Waals surface area contributed by atoms with Gasteiger partial charge in [0, 0.05) is 12.1 Å². The van der Waals surface area contributed by atoms with E-state index in [1.54, 1.807) is 7.11 Å². The maximum Gasteiger partial charge on any atom is 0.197 e. The van der Waals surface area contributed by atoms with Crippen molar-refractivity contribution in [1.29, 1.82) is 0 Å². The van der Waals surface area contributed by atoms with Crippen molar-refractivity contribution in [2.24, 2.45) is 0 Å². The van der Waals surface area contributed by atoms with Crippen molar-refractivity contribution in [3.8, 4) is 5.75 Å². The maximum absolute atomic E-state index is 11.2. The Balaban J connectivity index is 2.25. The van der Waals surface area contributed by atoms with Crippen LogP contribution >= 0.6 is 0 Å². The van der Waals surface area contributed by atoms with Gasteiger partial charge in [-0.25, -0.2) is 0 Å². The van der Waals surface area contributed by atoms with Crippen LogP contribution in [0.5, 0.6) is 5.75 Å². The summed E-state index contributed by atoms with van der Waals surface area (Å²) >= 11 is 0. The van der Waals surface area contributed by atoms with Crippen LogP contribution in [0.1, 0.15) is 30.4 Å². The van der Waals surface area contributed by atoms with Crippen LogP contribution in [-0.2, 0) is 0 Å². The molecule has 1 atom stereocenters. The van der Waals surface area contributed by atoms with Crippen LogP contribution in [0.3, 0.4) is 0 Å². The normalized spacial score (nSPS) is 19.9. The molecule has 0 amide bonds. The molecule has 1 fully saturated rings. The highest BCUT2D eigenvalue weighted by molar-refractivity contribution is 6.74. The third-order valence-electron chi connectivity index (χ3n) is 4.43. The molecule has 0 saturated carbocycles. The first kappa shape index (κ1) is 15.5. The molecule has 1 aromatic rings. The van der Waals surface area contributed by atoms with Crippen LogP contribution in [0, 0.1) is 0 Å². The third kappa shape index (κ3) is 3.62. The van der Waals surface area contributed by atoms with Gasteiger partial charge < -0.3 is 14.4 Å².